The third-order valence-corrected chi connectivity index (χ3v) is 9.26. The largest absolute Gasteiger partial charge is 0.467 e. The van der Waals surface area contributed by atoms with E-state index < -0.39 is 11.6 Å². The summed E-state index contributed by atoms with van der Waals surface area (Å²) in [5.74, 6) is 1.53. The molecular weight excluding hydrogens is 578 g/mol. The lowest BCUT2D eigenvalue weighted by Crippen LogP contribution is -2.63. The van der Waals surface area contributed by atoms with Crippen LogP contribution in [0.3, 0.4) is 0 Å². The summed E-state index contributed by atoms with van der Waals surface area (Å²) in [6, 6.07) is 8.92. The molecule has 1 amide bonds. The van der Waals surface area contributed by atoms with Gasteiger partial charge in [-0.15, -0.1) is 6.42 Å². The number of nitrogens with zero attached hydrogens (tertiary/aromatic N) is 6. The molecule has 5 heterocycles. The van der Waals surface area contributed by atoms with Crippen molar-refractivity contribution in [2.45, 2.75) is 31.0 Å². The van der Waals surface area contributed by atoms with Crippen LogP contribution in [-0.2, 0) is 9.53 Å². The predicted octanol–water partition coefficient (Wildman–Crippen LogP) is 4.18. The fourth-order valence-corrected chi connectivity index (χ4v) is 6.78. The molecule has 2 unspecified atom stereocenters. The normalized spacial score (nSPS) is 21.3. The highest BCUT2D eigenvalue weighted by atomic mass is 19.1. The van der Waals surface area contributed by atoms with Crippen molar-refractivity contribution in [3.05, 3.63) is 65.9 Å². The number of pyridine rings is 1. The van der Waals surface area contributed by atoms with E-state index >= 15 is 4.39 Å². The second-order valence-electron chi connectivity index (χ2n) is 11.7. The number of likely N-dealkylation sites (tertiary alicyclic amines) is 1. The predicted molar refractivity (Wildman–Crippen MR) is 167 cm³/mol. The standard InChI is InChI=1S/C34H32F2N6O3/c1-4-24-27(35)11-10-20-7-5-8-25(29(20)24)31-30(36)32-26(16-37-31)33(39-34(38-32)44-3)40(2)21-12-14-41(17-21)28(43)9-6-13-42-22-15-23(42)19-45-18-22/h1,5-11,16,21-23H,12-15,17-19H2,2-3H3/b9-6+/t21-,22?,23?/m1/s1. The molecule has 0 spiro atoms. The van der Waals surface area contributed by atoms with Crippen molar-refractivity contribution in [3.63, 3.8) is 0 Å². The van der Waals surface area contributed by atoms with Crippen LogP contribution in [-0.4, -0.2) is 95.8 Å². The number of carbonyl (C=O) groups is 1. The highest BCUT2D eigenvalue weighted by Crippen LogP contribution is 2.37. The molecule has 0 aliphatic carbocycles. The van der Waals surface area contributed by atoms with Gasteiger partial charge in [-0.25, -0.2) is 8.78 Å². The number of ether oxygens (including phenoxy) is 2. The van der Waals surface area contributed by atoms with Crippen LogP contribution in [0.5, 0.6) is 6.01 Å². The lowest BCUT2D eigenvalue weighted by Gasteiger charge is -2.52. The molecule has 0 saturated carbocycles. The minimum absolute atomic E-state index is 0.0105. The van der Waals surface area contributed by atoms with Crippen LogP contribution in [0.1, 0.15) is 18.4 Å². The molecule has 2 bridgehead atoms. The number of hydrogen-bond acceptors (Lipinski definition) is 8. The Morgan fingerprint density at radius 2 is 2.04 bits per heavy atom. The van der Waals surface area contributed by atoms with Gasteiger partial charge >= 0.3 is 6.01 Å². The summed E-state index contributed by atoms with van der Waals surface area (Å²) in [4.78, 5) is 32.5. The topological polar surface area (TPSA) is 83.9 Å². The van der Waals surface area contributed by atoms with E-state index in [-0.39, 0.29) is 34.7 Å². The Morgan fingerprint density at radius 1 is 1.22 bits per heavy atom. The van der Waals surface area contributed by atoms with Gasteiger partial charge in [0.1, 0.15) is 22.8 Å². The molecule has 7 rings (SSSR count). The summed E-state index contributed by atoms with van der Waals surface area (Å²) in [5.41, 5.74) is 0.399. The minimum Gasteiger partial charge on any atom is -0.467 e. The molecule has 3 fully saturated rings. The molecule has 2 aromatic heterocycles. The SMILES string of the molecule is C#Cc1c(F)ccc2cccc(-c3ncc4c(N(C)[C@@H]5CCN(C(=O)/C=C/CN6C7COCC6C7)C5)nc(OC)nc4c3F)c12. The first-order valence-corrected chi connectivity index (χ1v) is 15.0. The number of likely N-dealkylation sites (N-methyl/N-ethyl adjacent to an activating group) is 1. The quantitative estimate of drug-likeness (QED) is 0.228. The van der Waals surface area contributed by atoms with E-state index in [0.29, 0.717) is 59.1 Å². The smallest absolute Gasteiger partial charge is 0.318 e. The van der Waals surface area contributed by atoms with Gasteiger partial charge in [-0.2, -0.15) is 9.97 Å². The van der Waals surface area contributed by atoms with Crippen molar-refractivity contribution < 1.29 is 23.0 Å². The van der Waals surface area contributed by atoms with Crippen molar-refractivity contribution in [2.24, 2.45) is 0 Å². The van der Waals surface area contributed by atoms with Gasteiger partial charge < -0.3 is 19.3 Å². The number of methoxy groups -OCH3 is 1. The molecule has 3 atom stereocenters. The summed E-state index contributed by atoms with van der Waals surface area (Å²) in [7, 11) is 3.28. The van der Waals surface area contributed by atoms with Gasteiger partial charge in [0.2, 0.25) is 5.91 Å². The summed E-state index contributed by atoms with van der Waals surface area (Å²) in [6.07, 6.45) is 12.6. The molecule has 3 saturated heterocycles. The molecule has 2 aromatic carbocycles. The number of fused-ring (bicyclic) bond motifs is 4. The highest BCUT2D eigenvalue weighted by molar-refractivity contribution is 6.02. The number of aromatic nitrogens is 3. The molecule has 9 nitrogen and oxygen atoms in total. The van der Waals surface area contributed by atoms with Crippen LogP contribution >= 0.6 is 0 Å². The van der Waals surface area contributed by atoms with Crippen molar-refractivity contribution >= 4 is 33.4 Å². The molecular formula is C34H32F2N6O3. The Labute approximate surface area is 259 Å². The van der Waals surface area contributed by atoms with Crippen molar-refractivity contribution in [1.29, 1.82) is 0 Å². The number of hydrogen-bond donors (Lipinski definition) is 0. The number of morpholine rings is 1. The Kier molecular flexibility index (Phi) is 7.55. The van der Waals surface area contributed by atoms with Crippen molar-refractivity contribution in [3.8, 4) is 29.6 Å². The lowest BCUT2D eigenvalue weighted by atomic mass is 9.91. The number of terminal acetylenes is 1. The number of benzene rings is 2. The zero-order valence-corrected chi connectivity index (χ0v) is 25.0. The summed E-state index contributed by atoms with van der Waals surface area (Å²) >= 11 is 0. The lowest BCUT2D eigenvalue weighted by molar-refractivity contribution is -0.125. The van der Waals surface area contributed by atoms with Crippen LogP contribution in [0, 0.1) is 24.0 Å². The average Bonchev–Trinajstić information content (AvgIpc) is 3.57. The number of carbonyl (C=O) groups excluding carboxylic acids is 1. The van der Waals surface area contributed by atoms with Gasteiger partial charge in [-0.3, -0.25) is 14.7 Å². The first kappa shape index (κ1) is 29.1. The van der Waals surface area contributed by atoms with Crippen LogP contribution in [0.4, 0.5) is 14.6 Å². The molecule has 230 valence electrons. The van der Waals surface area contributed by atoms with Gasteiger partial charge in [-0.1, -0.05) is 36.3 Å². The Balaban J connectivity index is 1.16. The second kappa shape index (κ2) is 11.7. The molecule has 4 aromatic rings. The van der Waals surface area contributed by atoms with Crippen LogP contribution in [0.15, 0.2) is 48.7 Å². The first-order chi connectivity index (χ1) is 21.9. The van der Waals surface area contributed by atoms with Gasteiger partial charge in [0.15, 0.2) is 5.82 Å². The van der Waals surface area contributed by atoms with E-state index in [1.54, 1.807) is 30.3 Å². The van der Waals surface area contributed by atoms with Crippen molar-refractivity contribution in [2.75, 3.05) is 51.9 Å². The van der Waals surface area contributed by atoms with Gasteiger partial charge in [0.25, 0.3) is 0 Å². The van der Waals surface area contributed by atoms with E-state index in [1.165, 1.54) is 25.8 Å². The van der Waals surface area contributed by atoms with E-state index in [9.17, 15) is 9.18 Å². The van der Waals surface area contributed by atoms with Crippen LogP contribution in [0.2, 0.25) is 0 Å². The number of halogens is 2. The number of rotatable bonds is 7. The van der Waals surface area contributed by atoms with Crippen LogP contribution < -0.4 is 9.64 Å². The number of anilines is 1. The van der Waals surface area contributed by atoms with Gasteiger partial charge in [-0.05, 0) is 24.3 Å². The summed E-state index contributed by atoms with van der Waals surface area (Å²) in [5, 5.41) is 1.45. The Bertz CT molecular complexity index is 1880. The Hall–Kier alpha value is -4.66. The van der Waals surface area contributed by atoms with E-state index in [1.807, 2.05) is 22.9 Å². The zero-order valence-electron chi connectivity index (χ0n) is 25.0. The third-order valence-electron chi connectivity index (χ3n) is 9.26. The van der Waals surface area contributed by atoms with Gasteiger partial charge in [0, 0.05) is 68.0 Å². The van der Waals surface area contributed by atoms with Gasteiger partial charge in [0.05, 0.1) is 31.3 Å². The molecule has 11 heteroatoms. The third kappa shape index (κ3) is 5.04. The second-order valence-corrected chi connectivity index (χ2v) is 11.7. The minimum atomic E-state index is -0.700. The van der Waals surface area contributed by atoms with E-state index in [0.717, 1.165) is 19.8 Å². The highest BCUT2D eigenvalue weighted by Gasteiger charge is 2.41. The maximum atomic E-state index is 16.4. The first-order valence-electron chi connectivity index (χ1n) is 15.0. The summed E-state index contributed by atoms with van der Waals surface area (Å²) < 4.78 is 41.9. The monoisotopic (exact) mass is 610 g/mol. The maximum absolute atomic E-state index is 16.4. The molecule has 3 aliphatic rings. The fourth-order valence-electron chi connectivity index (χ4n) is 6.78. The van der Waals surface area contributed by atoms with Crippen LogP contribution in [0.25, 0.3) is 32.9 Å². The van der Waals surface area contributed by atoms with Crippen molar-refractivity contribution in [1.82, 2.24) is 24.8 Å². The average molecular weight is 611 g/mol. The molecule has 0 N–H and O–H groups in total. The Morgan fingerprint density at radius 3 is 2.80 bits per heavy atom. The van der Waals surface area contributed by atoms with E-state index in [4.69, 9.17) is 15.9 Å². The molecule has 3 aliphatic heterocycles. The fraction of sp³-hybridized carbons (Fsp3) is 0.353. The molecule has 45 heavy (non-hydrogen) atoms. The number of amides is 1. The van der Waals surface area contributed by atoms with E-state index in [2.05, 4.69) is 25.8 Å². The summed E-state index contributed by atoms with van der Waals surface area (Å²) in [6.45, 7) is 3.34. The molecule has 0 radical (unpaired) electrons. The zero-order chi connectivity index (χ0) is 31.2. The maximum Gasteiger partial charge on any atom is 0.318 e.